The van der Waals surface area contributed by atoms with Crippen molar-refractivity contribution in [1.82, 2.24) is 0 Å². The number of phosphoric ester groups is 2. The minimum Gasteiger partial charge on any atom is -0.462 e. The molecule has 0 spiro atoms. The number of phosphoric acid groups is 2. The number of carbonyl (C=O) groups is 4. The van der Waals surface area contributed by atoms with Crippen LogP contribution in [0, 0.1) is 5.92 Å². The Kier molecular flexibility index (Phi) is 73.5. The Hall–Kier alpha value is -1.94. The van der Waals surface area contributed by atoms with Gasteiger partial charge in [-0.2, -0.15) is 0 Å². The van der Waals surface area contributed by atoms with E-state index in [9.17, 15) is 43.2 Å². The fourth-order valence-electron chi connectivity index (χ4n) is 12.7. The van der Waals surface area contributed by atoms with Crippen LogP contribution in [0.15, 0.2) is 0 Å². The molecule has 0 aromatic carbocycles. The van der Waals surface area contributed by atoms with E-state index in [0.717, 1.165) is 102 Å². The highest BCUT2D eigenvalue weighted by atomic mass is 31.2. The molecule has 0 fully saturated rings. The smallest absolute Gasteiger partial charge is 0.462 e. The SMILES string of the molecule is CCCCCCCCCCCCCCCCCCCCCC(=O)OC[C@H](COP(=O)(O)OC[C@@H](O)COP(=O)(O)OC[C@@H](COC(=O)CCCCCCCCC(C)CC)OC(=O)CCCCCCCCCCCCCCC)OC(=O)CCCCCCCCCCCCCCCCCCCCC. The molecule has 0 aromatic rings. The monoisotopic (exact) mass is 1480 g/mol. The Morgan fingerprint density at radius 1 is 0.277 bits per heavy atom. The standard InChI is InChI=1S/C82H160O17P2/c1-6-10-13-16-19-22-25-28-30-32-34-36-38-41-43-46-49-55-60-65-79(84)92-71-77(98-81(86)68-63-58-51-48-45-42-39-37-35-33-31-29-26-23-20-17-14-11-7-2)73-96-100(88,89)94-69-76(83)70-95-101(90,91)97-74-78(72-93-80(85)66-61-56-53-52-54-59-64-75(5)9-4)99-82(87)67-62-57-50-47-44-40-27-24-21-18-15-12-8-3/h75-78,83H,6-74H2,1-5H3,(H,88,89)(H,90,91)/t75?,76-,77-,78-/m1/s1. The number of rotatable bonds is 82. The number of esters is 4. The van der Waals surface area contributed by atoms with E-state index in [-0.39, 0.29) is 25.7 Å². The zero-order chi connectivity index (χ0) is 74.1. The Labute approximate surface area is 619 Å². The summed E-state index contributed by atoms with van der Waals surface area (Å²) in [5.41, 5.74) is 0. The van der Waals surface area contributed by atoms with Gasteiger partial charge in [-0.15, -0.1) is 0 Å². The van der Waals surface area contributed by atoms with Crippen LogP contribution >= 0.6 is 15.6 Å². The minimum atomic E-state index is -4.96. The molecule has 0 aliphatic carbocycles. The Morgan fingerprint density at radius 2 is 0.475 bits per heavy atom. The first-order valence-corrected chi connectivity index (χ1v) is 45.7. The molecule has 17 nitrogen and oxygen atoms in total. The second kappa shape index (κ2) is 74.9. The van der Waals surface area contributed by atoms with Crippen LogP contribution in [-0.2, 0) is 65.4 Å². The summed E-state index contributed by atoms with van der Waals surface area (Å²) in [5.74, 6) is -1.37. The van der Waals surface area contributed by atoms with Crippen molar-refractivity contribution in [2.24, 2.45) is 5.92 Å². The predicted molar refractivity (Wildman–Crippen MR) is 414 cm³/mol. The normalized spacial score (nSPS) is 14.1. The molecule has 0 aromatic heterocycles. The molecule has 101 heavy (non-hydrogen) atoms. The fraction of sp³-hybridized carbons (Fsp3) is 0.951. The van der Waals surface area contributed by atoms with E-state index in [1.807, 2.05) is 0 Å². The van der Waals surface area contributed by atoms with Gasteiger partial charge in [-0.05, 0) is 31.6 Å². The molecule has 0 aliphatic rings. The summed E-state index contributed by atoms with van der Waals surface area (Å²) in [6, 6.07) is 0. The van der Waals surface area contributed by atoms with Crippen molar-refractivity contribution < 1.29 is 80.2 Å². The van der Waals surface area contributed by atoms with Crippen LogP contribution in [0.3, 0.4) is 0 Å². The average Bonchev–Trinajstić information content (AvgIpc) is 0.937. The van der Waals surface area contributed by atoms with Gasteiger partial charge in [0.15, 0.2) is 12.2 Å². The van der Waals surface area contributed by atoms with Crippen molar-refractivity contribution in [2.75, 3.05) is 39.6 Å². The zero-order valence-electron chi connectivity index (χ0n) is 66.1. The van der Waals surface area contributed by atoms with Crippen molar-refractivity contribution in [2.45, 2.75) is 457 Å². The maximum absolute atomic E-state index is 13.1. The lowest BCUT2D eigenvalue weighted by molar-refractivity contribution is -0.161. The van der Waals surface area contributed by atoms with E-state index in [2.05, 4.69) is 34.6 Å². The molecule has 600 valence electrons. The lowest BCUT2D eigenvalue weighted by Gasteiger charge is -2.21. The van der Waals surface area contributed by atoms with E-state index < -0.39 is 97.5 Å². The van der Waals surface area contributed by atoms with Crippen LogP contribution < -0.4 is 0 Å². The third-order valence-electron chi connectivity index (χ3n) is 19.6. The molecule has 3 N–H and O–H groups in total. The molecule has 0 amide bonds. The second-order valence-electron chi connectivity index (χ2n) is 29.8. The summed E-state index contributed by atoms with van der Waals surface area (Å²) in [6.07, 6.45) is 66.7. The van der Waals surface area contributed by atoms with E-state index in [0.29, 0.717) is 25.7 Å². The van der Waals surface area contributed by atoms with Crippen LogP contribution in [0.2, 0.25) is 0 Å². The van der Waals surface area contributed by atoms with E-state index in [1.54, 1.807) is 0 Å². The lowest BCUT2D eigenvalue weighted by atomic mass is 10.00. The van der Waals surface area contributed by atoms with E-state index >= 15 is 0 Å². The average molecular weight is 1480 g/mol. The molecule has 0 heterocycles. The summed E-state index contributed by atoms with van der Waals surface area (Å²) in [4.78, 5) is 73.0. The topological polar surface area (TPSA) is 237 Å². The lowest BCUT2D eigenvalue weighted by Crippen LogP contribution is -2.30. The molecule has 3 unspecified atom stereocenters. The third kappa shape index (κ3) is 74.7. The largest absolute Gasteiger partial charge is 0.472 e. The number of unbranched alkanes of at least 4 members (excludes halogenated alkanes) is 53. The quantitative estimate of drug-likeness (QED) is 0.0222. The number of hydrogen-bond donors (Lipinski definition) is 3. The molecule has 0 saturated carbocycles. The summed E-state index contributed by atoms with van der Waals surface area (Å²) >= 11 is 0. The minimum absolute atomic E-state index is 0.107. The summed E-state index contributed by atoms with van der Waals surface area (Å²) in [7, 11) is -9.92. The van der Waals surface area contributed by atoms with Crippen LogP contribution in [0.4, 0.5) is 0 Å². The molecule has 0 aliphatic heterocycles. The van der Waals surface area contributed by atoms with Crippen molar-refractivity contribution >= 4 is 39.5 Å². The van der Waals surface area contributed by atoms with Crippen molar-refractivity contribution in [1.29, 1.82) is 0 Å². The van der Waals surface area contributed by atoms with Gasteiger partial charge in [0, 0.05) is 25.7 Å². The van der Waals surface area contributed by atoms with Crippen molar-refractivity contribution in [3.05, 3.63) is 0 Å². The van der Waals surface area contributed by atoms with Gasteiger partial charge in [-0.1, -0.05) is 388 Å². The van der Waals surface area contributed by atoms with E-state index in [4.69, 9.17) is 37.0 Å². The van der Waals surface area contributed by atoms with Crippen molar-refractivity contribution in [3.8, 4) is 0 Å². The van der Waals surface area contributed by atoms with Gasteiger partial charge in [-0.25, -0.2) is 9.13 Å². The maximum Gasteiger partial charge on any atom is 0.472 e. The molecule has 0 rings (SSSR count). The molecular formula is C82H160O17P2. The van der Waals surface area contributed by atoms with Crippen LogP contribution in [0.1, 0.15) is 439 Å². The fourth-order valence-corrected chi connectivity index (χ4v) is 14.3. The van der Waals surface area contributed by atoms with Gasteiger partial charge >= 0.3 is 39.5 Å². The van der Waals surface area contributed by atoms with Gasteiger partial charge in [0.2, 0.25) is 0 Å². The number of aliphatic hydroxyl groups is 1. The van der Waals surface area contributed by atoms with Gasteiger partial charge in [-0.3, -0.25) is 37.3 Å². The summed E-state index contributed by atoms with van der Waals surface area (Å²) < 4.78 is 68.7. The Bertz CT molecular complexity index is 1930. The van der Waals surface area contributed by atoms with E-state index in [1.165, 1.54) is 257 Å². The predicted octanol–water partition coefficient (Wildman–Crippen LogP) is 24.8. The molecule has 0 bridgehead atoms. The highest BCUT2D eigenvalue weighted by molar-refractivity contribution is 7.47. The Morgan fingerprint density at radius 3 is 0.703 bits per heavy atom. The first-order valence-electron chi connectivity index (χ1n) is 42.7. The Balaban J connectivity index is 5.22. The van der Waals surface area contributed by atoms with Crippen LogP contribution in [-0.4, -0.2) is 96.7 Å². The van der Waals surface area contributed by atoms with Crippen molar-refractivity contribution in [3.63, 3.8) is 0 Å². The molecule has 6 atom stereocenters. The van der Waals surface area contributed by atoms with Gasteiger partial charge in [0.1, 0.15) is 19.3 Å². The highest BCUT2D eigenvalue weighted by Gasteiger charge is 2.30. The summed E-state index contributed by atoms with van der Waals surface area (Å²) in [6.45, 7) is 7.30. The first kappa shape index (κ1) is 99.1. The van der Waals surface area contributed by atoms with Crippen LogP contribution in [0.25, 0.3) is 0 Å². The molecule has 0 saturated heterocycles. The second-order valence-corrected chi connectivity index (χ2v) is 32.7. The molecular weight excluding hydrogens is 1320 g/mol. The van der Waals surface area contributed by atoms with Gasteiger partial charge in [0.25, 0.3) is 0 Å². The highest BCUT2D eigenvalue weighted by Crippen LogP contribution is 2.45. The third-order valence-corrected chi connectivity index (χ3v) is 21.5. The number of carbonyl (C=O) groups excluding carboxylic acids is 4. The number of aliphatic hydroxyl groups excluding tert-OH is 1. The number of hydrogen-bond acceptors (Lipinski definition) is 15. The molecule has 19 heteroatoms. The van der Waals surface area contributed by atoms with Gasteiger partial charge in [0.05, 0.1) is 26.4 Å². The first-order chi connectivity index (χ1) is 49.1. The number of ether oxygens (including phenoxy) is 4. The van der Waals surface area contributed by atoms with Crippen LogP contribution in [0.5, 0.6) is 0 Å². The summed E-state index contributed by atoms with van der Waals surface area (Å²) in [5, 5.41) is 10.6. The molecule has 0 radical (unpaired) electrons. The van der Waals surface area contributed by atoms with Gasteiger partial charge < -0.3 is 33.8 Å². The maximum atomic E-state index is 13.1. The zero-order valence-corrected chi connectivity index (χ0v) is 67.8.